The van der Waals surface area contributed by atoms with Crippen molar-refractivity contribution in [2.45, 2.75) is 13.0 Å². The molecule has 0 spiro atoms. The van der Waals surface area contributed by atoms with Crippen molar-refractivity contribution in [1.82, 2.24) is 25.0 Å². The summed E-state index contributed by atoms with van der Waals surface area (Å²) in [6.07, 6.45) is 2.25. The molecule has 0 aliphatic carbocycles. The van der Waals surface area contributed by atoms with E-state index in [1.54, 1.807) is 25.3 Å². The van der Waals surface area contributed by atoms with Crippen molar-refractivity contribution in [2.75, 3.05) is 41.4 Å². The Morgan fingerprint density at radius 1 is 1.11 bits per heavy atom. The molecule has 200 valence electrons. The molecule has 0 atom stereocenters. The molecule has 0 saturated carbocycles. The van der Waals surface area contributed by atoms with Crippen LogP contribution in [0.2, 0.25) is 5.15 Å². The van der Waals surface area contributed by atoms with Crippen molar-refractivity contribution in [3.63, 3.8) is 0 Å². The number of hydrogen-bond donors (Lipinski definition) is 1. The number of nitrogens with one attached hydrogen (secondary N) is 1. The summed E-state index contributed by atoms with van der Waals surface area (Å²) in [5, 5.41) is 8.06. The van der Waals surface area contributed by atoms with Gasteiger partial charge in [0.1, 0.15) is 28.9 Å². The predicted octanol–water partition coefficient (Wildman–Crippen LogP) is 4.49. The maximum atomic E-state index is 15.2. The highest BCUT2D eigenvalue weighted by atomic mass is 35.5. The van der Waals surface area contributed by atoms with Crippen LogP contribution in [-0.2, 0) is 6.61 Å². The van der Waals surface area contributed by atoms with Gasteiger partial charge in [0.15, 0.2) is 17.3 Å². The first-order valence-corrected chi connectivity index (χ1v) is 12.3. The van der Waals surface area contributed by atoms with Gasteiger partial charge in [0.05, 0.1) is 25.1 Å². The average molecular weight is 542 g/mol. The molecule has 1 amide bonds. The smallest absolute Gasteiger partial charge is 0.272 e. The second-order valence-corrected chi connectivity index (χ2v) is 9.18. The van der Waals surface area contributed by atoms with Crippen LogP contribution in [-0.4, -0.2) is 67.0 Å². The van der Waals surface area contributed by atoms with E-state index in [4.69, 9.17) is 25.8 Å². The SMILES string of the molecule is COc1ccc(COc2cc(OC)c(-n3nc(C(=O)NCCCN(C)C)c4cnc(Cl)cc43)cc2F)cc1. The number of ether oxygens (including phenoxy) is 3. The molecule has 0 fully saturated rings. The number of rotatable bonds is 11. The Labute approximate surface area is 225 Å². The van der Waals surface area contributed by atoms with E-state index in [9.17, 15) is 4.79 Å². The highest BCUT2D eigenvalue weighted by Gasteiger charge is 2.22. The van der Waals surface area contributed by atoms with Gasteiger partial charge in [0.2, 0.25) is 0 Å². The van der Waals surface area contributed by atoms with Gasteiger partial charge in [-0.3, -0.25) is 4.79 Å². The number of aromatic nitrogens is 3. The molecule has 4 aromatic rings. The number of carbonyl (C=O) groups excluding carboxylic acids is 1. The van der Waals surface area contributed by atoms with Crippen molar-refractivity contribution < 1.29 is 23.4 Å². The average Bonchev–Trinajstić information content (AvgIpc) is 3.28. The van der Waals surface area contributed by atoms with Crippen molar-refractivity contribution in [3.8, 4) is 22.9 Å². The van der Waals surface area contributed by atoms with Crippen LogP contribution in [0.3, 0.4) is 0 Å². The maximum absolute atomic E-state index is 15.2. The van der Waals surface area contributed by atoms with E-state index in [1.807, 2.05) is 31.1 Å². The minimum absolute atomic E-state index is 0.0106. The minimum Gasteiger partial charge on any atom is -0.497 e. The third kappa shape index (κ3) is 6.15. The Bertz CT molecular complexity index is 1430. The third-order valence-electron chi connectivity index (χ3n) is 5.83. The Morgan fingerprint density at radius 3 is 2.55 bits per heavy atom. The number of halogens is 2. The predicted molar refractivity (Wildman–Crippen MR) is 143 cm³/mol. The molecule has 2 heterocycles. The second-order valence-electron chi connectivity index (χ2n) is 8.79. The van der Waals surface area contributed by atoms with Gasteiger partial charge in [0, 0.05) is 30.9 Å². The van der Waals surface area contributed by atoms with Crippen LogP contribution in [0.25, 0.3) is 16.6 Å². The monoisotopic (exact) mass is 541 g/mol. The van der Waals surface area contributed by atoms with E-state index < -0.39 is 5.82 Å². The van der Waals surface area contributed by atoms with Crippen LogP contribution in [0.5, 0.6) is 17.2 Å². The fourth-order valence-electron chi connectivity index (χ4n) is 3.86. The number of fused-ring (bicyclic) bond motifs is 1. The van der Waals surface area contributed by atoms with Gasteiger partial charge >= 0.3 is 0 Å². The first-order valence-electron chi connectivity index (χ1n) is 11.9. The molecule has 38 heavy (non-hydrogen) atoms. The maximum Gasteiger partial charge on any atom is 0.272 e. The van der Waals surface area contributed by atoms with Crippen LogP contribution in [0, 0.1) is 5.82 Å². The highest BCUT2D eigenvalue weighted by Crippen LogP contribution is 2.34. The Kier molecular flexibility index (Phi) is 8.65. The Balaban J connectivity index is 1.64. The van der Waals surface area contributed by atoms with Crippen molar-refractivity contribution in [1.29, 1.82) is 0 Å². The first kappa shape index (κ1) is 27.2. The molecule has 1 N–H and O–H groups in total. The van der Waals surface area contributed by atoms with Gasteiger partial charge in [-0.2, -0.15) is 5.10 Å². The summed E-state index contributed by atoms with van der Waals surface area (Å²) in [5.41, 5.74) is 1.75. The zero-order chi connectivity index (χ0) is 27.2. The molecule has 0 aliphatic heterocycles. The molecule has 4 rings (SSSR count). The summed E-state index contributed by atoms with van der Waals surface area (Å²) in [6.45, 7) is 1.45. The highest BCUT2D eigenvalue weighted by molar-refractivity contribution is 6.30. The van der Waals surface area contributed by atoms with E-state index in [0.29, 0.717) is 28.9 Å². The molecule has 0 saturated heterocycles. The fourth-order valence-corrected chi connectivity index (χ4v) is 4.02. The molecule has 9 nitrogen and oxygen atoms in total. The number of hydrogen-bond acceptors (Lipinski definition) is 7. The largest absolute Gasteiger partial charge is 0.497 e. The van der Waals surface area contributed by atoms with Crippen molar-refractivity contribution in [2.24, 2.45) is 0 Å². The number of methoxy groups -OCH3 is 2. The van der Waals surface area contributed by atoms with Gasteiger partial charge in [-0.25, -0.2) is 14.1 Å². The molecule has 2 aromatic carbocycles. The summed E-state index contributed by atoms with van der Waals surface area (Å²) in [4.78, 5) is 19.1. The van der Waals surface area contributed by atoms with E-state index in [2.05, 4.69) is 15.4 Å². The molecule has 0 bridgehead atoms. The van der Waals surface area contributed by atoms with Crippen LogP contribution in [0.4, 0.5) is 4.39 Å². The molecule has 11 heteroatoms. The minimum atomic E-state index is -0.618. The summed E-state index contributed by atoms with van der Waals surface area (Å²) >= 11 is 6.16. The number of benzene rings is 2. The summed E-state index contributed by atoms with van der Waals surface area (Å²) in [5.74, 6) is 0.0421. The van der Waals surface area contributed by atoms with Crippen LogP contribution < -0.4 is 19.5 Å². The van der Waals surface area contributed by atoms with Crippen molar-refractivity contribution in [3.05, 3.63) is 70.9 Å². The topological polar surface area (TPSA) is 90.7 Å². The normalized spacial score (nSPS) is 11.1. The van der Waals surface area contributed by atoms with E-state index in [0.717, 1.165) is 18.5 Å². The lowest BCUT2D eigenvalue weighted by Gasteiger charge is -2.14. The van der Waals surface area contributed by atoms with Crippen LogP contribution in [0.1, 0.15) is 22.5 Å². The number of pyridine rings is 1. The Hall–Kier alpha value is -3.89. The van der Waals surface area contributed by atoms with Gasteiger partial charge in [-0.1, -0.05) is 23.7 Å². The molecule has 0 unspecified atom stereocenters. The molecule has 0 radical (unpaired) electrons. The molecule has 0 aliphatic rings. The molecular weight excluding hydrogens is 513 g/mol. The van der Waals surface area contributed by atoms with E-state index >= 15 is 4.39 Å². The second kappa shape index (κ2) is 12.1. The van der Waals surface area contributed by atoms with E-state index in [-0.39, 0.29) is 34.8 Å². The third-order valence-corrected chi connectivity index (χ3v) is 6.04. The van der Waals surface area contributed by atoms with Crippen LogP contribution in [0.15, 0.2) is 48.7 Å². The lowest BCUT2D eigenvalue weighted by Crippen LogP contribution is -2.27. The zero-order valence-electron chi connectivity index (χ0n) is 21.6. The van der Waals surface area contributed by atoms with Gasteiger partial charge in [-0.15, -0.1) is 0 Å². The summed E-state index contributed by atoms with van der Waals surface area (Å²) in [7, 11) is 6.98. The van der Waals surface area contributed by atoms with Gasteiger partial charge in [-0.05, 0) is 44.8 Å². The first-order chi connectivity index (χ1) is 18.3. The van der Waals surface area contributed by atoms with Crippen molar-refractivity contribution >= 4 is 28.4 Å². The molecular formula is C27H29ClFN5O4. The quantitative estimate of drug-likeness (QED) is 0.221. The molecule has 2 aromatic heterocycles. The lowest BCUT2D eigenvalue weighted by atomic mass is 10.2. The summed E-state index contributed by atoms with van der Waals surface area (Å²) < 4.78 is 33.1. The summed E-state index contributed by atoms with van der Waals surface area (Å²) in [6, 6.07) is 11.5. The van der Waals surface area contributed by atoms with Crippen LogP contribution >= 0.6 is 11.6 Å². The Morgan fingerprint density at radius 2 is 1.87 bits per heavy atom. The number of carbonyl (C=O) groups is 1. The lowest BCUT2D eigenvalue weighted by molar-refractivity contribution is 0.0948. The van der Waals surface area contributed by atoms with Gasteiger partial charge in [0.25, 0.3) is 5.91 Å². The van der Waals surface area contributed by atoms with Gasteiger partial charge < -0.3 is 24.4 Å². The standard InChI is InChI=1S/C27H29ClFN5O4/c1-33(2)11-5-10-30-27(35)26-19-15-31-25(28)13-21(19)34(32-26)22-12-20(29)23(14-24(22)37-4)38-16-17-6-8-18(36-3)9-7-17/h6-9,12-15H,5,10-11,16H2,1-4H3,(H,30,35). The number of amides is 1. The number of nitrogens with zero attached hydrogens (tertiary/aromatic N) is 4. The zero-order valence-corrected chi connectivity index (χ0v) is 22.4. The van der Waals surface area contributed by atoms with E-state index in [1.165, 1.54) is 30.1 Å². The fraction of sp³-hybridized carbons (Fsp3) is 0.296.